The Kier molecular flexibility index (Phi) is 6.89. The summed E-state index contributed by atoms with van der Waals surface area (Å²) in [6, 6.07) is 23.2. The van der Waals surface area contributed by atoms with Gasteiger partial charge in [0, 0.05) is 0 Å². The summed E-state index contributed by atoms with van der Waals surface area (Å²) in [7, 11) is 1.41. The Labute approximate surface area is 227 Å². The molecule has 1 aromatic heterocycles. The van der Waals surface area contributed by atoms with Gasteiger partial charge in [-0.15, -0.1) is 0 Å². The van der Waals surface area contributed by atoms with Crippen molar-refractivity contribution in [3.63, 3.8) is 0 Å². The average Bonchev–Trinajstić information content (AvgIpc) is 3.40. The summed E-state index contributed by atoms with van der Waals surface area (Å²) in [6.45, 7) is 0. The van der Waals surface area contributed by atoms with E-state index in [1.54, 1.807) is 30.3 Å². The maximum atomic E-state index is 13.4. The number of nitro benzene ring substituents is 1. The number of thiocarbonyl (C=S) groups is 1. The van der Waals surface area contributed by atoms with Crippen molar-refractivity contribution in [2.75, 3.05) is 12.0 Å². The van der Waals surface area contributed by atoms with Crippen molar-refractivity contribution in [1.82, 2.24) is 5.32 Å². The fraction of sp³-hybridized carbons (Fsp3) is 0.0357. The van der Waals surface area contributed by atoms with Gasteiger partial charge in [-0.2, -0.15) is 0 Å². The third-order valence-electron chi connectivity index (χ3n) is 5.76. The molecule has 0 atom stereocenters. The number of carbonyl (C=O) groups excluding carboxylic acids is 2. The highest BCUT2D eigenvalue weighted by Crippen LogP contribution is 2.35. The molecule has 2 amide bonds. The quantitative estimate of drug-likeness (QED) is 0.107. The SMILES string of the molecule is COc1ccc(-c2ccc(C=C3C(=O)NC(=S)N(c4ccc(Oc5ccccc5)cc4)C3=O)o2)c([N+](=O)[O-])c1. The highest BCUT2D eigenvalue weighted by atomic mass is 32.1. The largest absolute Gasteiger partial charge is 0.497 e. The molecule has 11 heteroatoms. The topological polar surface area (TPSA) is 124 Å². The Morgan fingerprint density at radius 3 is 2.33 bits per heavy atom. The Hall–Kier alpha value is -5.29. The molecule has 39 heavy (non-hydrogen) atoms. The van der Waals surface area contributed by atoms with Crippen LogP contribution in [-0.2, 0) is 9.59 Å². The summed E-state index contributed by atoms with van der Waals surface area (Å²) in [6.07, 6.45) is 1.26. The predicted octanol–water partition coefficient (Wildman–Crippen LogP) is 5.49. The standard InChI is InChI=1S/C28H19N3O7S/c1-36-20-11-13-22(24(16-20)31(34)35)25-14-12-21(38-25)15-23-26(32)29-28(39)30(27(23)33)17-7-9-19(10-8-17)37-18-5-3-2-4-6-18/h2-16H,1H3,(H,29,32,39). The van der Waals surface area contributed by atoms with Crippen LogP contribution in [0.5, 0.6) is 17.2 Å². The summed E-state index contributed by atoms with van der Waals surface area (Å²) >= 11 is 5.26. The summed E-state index contributed by atoms with van der Waals surface area (Å²) in [5.74, 6) is 0.502. The highest BCUT2D eigenvalue weighted by Gasteiger charge is 2.35. The number of nitrogens with one attached hydrogen (secondary N) is 1. The van der Waals surface area contributed by atoms with E-state index in [2.05, 4.69) is 5.32 Å². The minimum Gasteiger partial charge on any atom is -0.497 e. The lowest BCUT2D eigenvalue weighted by Crippen LogP contribution is -2.54. The van der Waals surface area contributed by atoms with Gasteiger partial charge in [0.25, 0.3) is 17.5 Å². The van der Waals surface area contributed by atoms with Crippen molar-refractivity contribution in [2.24, 2.45) is 0 Å². The van der Waals surface area contributed by atoms with Crippen LogP contribution in [0.2, 0.25) is 0 Å². The van der Waals surface area contributed by atoms with E-state index in [1.807, 2.05) is 30.3 Å². The maximum Gasteiger partial charge on any atom is 0.284 e. The lowest BCUT2D eigenvalue weighted by molar-refractivity contribution is -0.384. The van der Waals surface area contributed by atoms with E-state index in [0.29, 0.717) is 22.9 Å². The van der Waals surface area contributed by atoms with Crippen LogP contribution < -0.4 is 19.7 Å². The van der Waals surface area contributed by atoms with Crippen LogP contribution in [0.25, 0.3) is 17.4 Å². The number of ether oxygens (including phenoxy) is 2. The number of hydrogen-bond acceptors (Lipinski definition) is 8. The third kappa shape index (κ3) is 5.24. The van der Waals surface area contributed by atoms with Crippen molar-refractivity contribution in [1.29, 1.82) is 0 Å². The molecule has 1 aliphatic heterocycles. The Bertz CT molecular complexity index is 1630. The van der Waals surface area contributed by atoms with Crippen LogP contribution in [0.15, 0.2) is 94.9 Å². The zero-order valence-electron chi connectivity index (χ0n) is 20.3. The lowest BCUT2D eigenvalue weighted by Gasteiger charge is -2.28. The first-order chi connectivity index (χ1) is 18.8. The summed E-state index contributed by atoms with van der Waals surface area (Å²) < 4.78 is 16.6. The molecular weight excluding hydrogens is 522 g/mol. The van der Waals surface area contributed by atoms with Crippen LogP contribution in [0.4, 0.5) is 11.4 Å². The normalized spacial score (nSPS) is 14.3. The fourth-order valence-electron chi connectivity index (χ4n) is 3.90. The number of amides is 2. The second kappa shape index (κ2) is 10.6. The first-order valence-corrected chi connectivity index (χ1v) is 11.9. The van der Waals surface area contributed by atoms with E-state index in [9.17, 15) is 19.7 Å². The smallest absolute Gasteiger partial charge is 0.284 e. The molecule has 5 rings (SSSR count). The molecule has 0 bridgehead atoms. The molecule has 2 heterocycles. The molecule has 1 fully saturated rings. The molecule has 3 aromatic carbocycles. The van der Waals surface area contributed by atoms with Gasteiger partial charge < -0.3 is 13.9 Å². The number of para-hydroxylation sites is 1. The van der Waals surface area contributed by atoms with Crippen molar-refractivity contribution >= 4 is 46.6 Å². The second-order valence-corrected chi connectivity index (χ2v) is 8.60. The van der Waals surface area contributed by atoms with Gasteiger partial charge in [-0.3, -0.25) is 29.9 Å². The number of anilines is 1. The third-order valence-corrected chi connectivity index (χ3v) is 6.04. The number of rotatable bonds is 7. The van der Waals surface area contributed by atoms with Gasteiger partial charge in [0.1, 0.15) is 34.3 Å². The number of hydrogen-bond donors (Lipinski definition) is 1. The van der Waals surface area contributed by atoms with Crippen LogP contribution in [0.3, 0.4) is 0 Å². The monoisotopic (exact) mass is 541 g/mol. The summed E-state index contributed by atoms with van der Waals surface area (Å²) in [4.78, 5) is 38.2. The number of methoxy groups -OCH3 is 1. The van der Waals surface area contributed by atoms with Gasteiger partial charge in [0.05, 0.1) is 29.4 Å². The Morgan fingerprint density at radius 1 is 0.949 bits per heavy atom. The van der Waals surface area contributed by atoms with E-state index < -0.39 is 16.7 Å². The number of carbonyl (C=O) groups is 2. The van der Waals surface area contributed by atoms with Crippen molar-refractivity contribution < 1.29 is 28.4 Å². The molecular formula is C28H19N3O7S. The molecule has 4 aromatic rings. The molecule has 1 aliphatic rings. The summed E-state index contributed by atoms with van der Waals surface area (Å²) in [5.41, 5.74) is 0.194. The van der Waals surface area contributed by atoms with Gasteiger partial charge in [0.2, 0.25) is 0 Å². The molecule has 10 nitrogen and oxygen atoms in total. The van der Waals surface area contributed by atoms with E-state index in [-0.39, 0.29) is 33.5 Å². The number of furan rings is 1. The molecule has 0 saturated carbocycles. The zero-order valence-corrected chi connectivity index (χ0v) is 21.1. The minimum atomic E-state index is -0.696. The van der Waals surface area contributed by atoms with Crippen LogP contribution in [-0.4, -0.2) is 29.0 Å². The van der Waals surface area contributed by atoms with Crippen LogP contribution in [0.1, 0.15) is 5.76 Å². The van der Waals surface area contributed by atoms with E-state index in [1.165, 1.54) is 42.4 Å². The minimum absolute atomic E-state index is 0.0760. The fourth-order valence-corrected chi connectivity index (χ4v) is 4.18. The average molecular weight is 542 g/mol. The van der Waals surface area contributed by atoms with Crippen molar-refractivity contribution in [3.8, 4) is 28.6 Å². The molecule has 1 saturated heterocycles. The zero-order chi connectivity index (χ0) is 27.5. The number of benzene rings is 3. The lowest BCUT2D eigenvalue weighted by atomic mass is 10.1. The second-order valence-electron chi connectivity index (χ2n) is 8.21. The molecule has 0 aliphatic carbocycles. The van der Waals surface area contributed by atoms with Gasteiger partial charge in [-0.1, -0.05) is 18.2 Å². The van der Waals surface area contributed by atoms with Crippen LogP contribution in [0, 0.1) is 10.1 Å². The van der Waals surface area contributed by atoms with E-state index in [0.717, 1.165) is 0 Å². The molecule has 0 spiro atoms. The maximum absolute atomic E-state index is 13.4. The van der Waals surface area contributed by atoms with Crippen molar-refractivity contribution in [3.05, 3.63) is 106 Å². The van der Waals surface area contributed by atoms with Gasteiger partial charge >= 0.3 is 0 Å². The number of nitrogens with zero attached hydrogens (tertiary/aromatic N) is 2. The summed E-state index contributed by atoms with van der Waals surface area (Å²) in [5, 5.41) is 14.0. The Morgan fingerprint density at radius 2 is 1.64 bits per heavy atom. The molecule has 194 valence electrons. The van der Waals surface area contributed by atoms with Gasteiger partial charge in [-0.05, 0) is 79.0 Å². The highest BCUT2D eigenvalue weighted by molar-refractivity contribution is 7.80. The number of nitro groups is 1. The molecule has 1 N–H and O–H groups in total. The van der Waals surface area contributed by atoms with Gasteiger partial charge in [0.15, 0.2) is 5.11 Å². The predicted molar refractivity (Wildman–Crippen MR) is 147 cm³/mol. The first kappa shape index (κ1) is 25.4. The molecule has 0 radical (unpaired) electrons. The Balaban J connectivity index is 1.41. The van der Waals surface area contributed by atoms with E-state index >= 15 is 0 Å². The van der Waals surface area contributed by atoms with Crippen LogP contribution >= 0.6 is 12.2 Å². The van der Waals surface area contributed by atoms with Gasteiger partial charge in [-0.25, -0.2) is 0 Å². The van der Waals surface area contributed by atoms with E-state index in [4.69, 9.17) is 26.1 Å². The first-order valence-electron chi connectivity index (χ1n) is 11.5. The molecule has 0 unspecified atom stereocenters. The van der Waals surface area contributed by atoms with Crippen molar-refractivity contribution in [2.45, 2.75) is 0 Å².